The molecular formula is C17H18FN. The van der Waals surface area contributed by atoms with Crippen LogP contribution in [-0.4, -0.2) is 0 Å². The van der Waals surface area contributed by atoms with Crippen LogP contribution in [0.4, 0.5) is 10.1 Å². The fraction of sp³-hybridized carbons (Fsp3) is 0.294. The van der Waals surface area contributed by atoms with Gasteiger partial charge in [0.1, 0.15) is 5.82 Å². The molecule has 19 heavy (non-hydrogen) atoms. The Labute approximate surface area is 113 Å². The quantitative estimate of drug-likeness (QED) is 0.840. The summed E-state index contributed by atoms with van der Waals surface area (Å²) in [5.41, 5.74) is 4.45. The maximum atomic E-state index is 13.3. The molecule has 0 amide bonds. The van der Waals surface area contributed by atoms with Gasteiger partial charge in [0.15, 0.2) is 0 Å². The minimum absolute atomic E-state index is 0.188. The minimum atomic E-state index is -0.188. The van der Waals surface area contributed by atoms with Crippen LogP contribution in [0.3, 0.4) is 0 Å². The van der Waals surface area contributed by atoms with Crippen molar-refractivity contribution in [2.45, 2.75) is 32.2 Å². The second-order valence-electron chi connectivity index (χ2n) is 5.39. The van der Waals surface area contributed by atoms with Gasteiger partial charge in [-0.2, -0.15) is 0 Å². The third kappa shape index (κ3) is 3.14. The van der Waals surface area contributed by atoms with E-state index in [4.69, 9.17) is 0 Å². The van der Waals surface area contributed by atoms with Gasteiger partial charge < -0.3 is 5.32 Å². The molecule has 0 saturated heterocycles. The summed E-state index contributed by atoms with van der Waals surface area (Å²) in [6.07, 6.45) is 2.67. The van der Waals surface area contributed by atoms with Crippen molar-refractivity contribution in [1.82, 2.24) is 0 Å². The van der Waals surface area contributed by atoms with Gasteiger partial charge in [-0.25, -0.2) is 4.39 Å². The summed E-state index contributed by atoms with van der Waals surface area (Å²) in [7, 11) is 0. The predicted octanol–water partition coefficient (Wildman–Crippen LogP) is 4.62. The summed E-state index contributed by atoms with van der Waals surface area (Å²) in [5.74, 6) is 0.611. The van der Waals surface area contributed by atoms with Crippen LogP contribution in [0.25, 0.3) is 0 Å². The molecule has 1 saturated carbocycles. The van der Waals surface area contributed by atoms with Crippen molar-refractivity contribution in [1.29, 1.82) is 0 Å². The Kier molecular flexibility index (Phi) is 3.24. The van der Waals surface area contributed by atoms with Crippen molar-refractivity contribution in [3.63, 3.8) is 0 Å². The molecule has 1 nitrogen and oxygen atoms in total. The molecule has 0 aromatic heterocycles. The number of hydrogen-bond donors (Lipinski definition) is 1. The first-order valence-electron chi connectivity index (χ1n) is 6.80. The second-order valence-corrected chi connectivity index (χ2v) is 5.39. The number of nitrogens with one attached hydrogen (secondary N) is 1. The highest BCUT2D eigenvalue weighted by Crippen LogP contribution is 2.39. The molecule has 0 radical (unpaired) electrons. The van der Waals surface area contributed by atoms with E-state index in [9.17, 15) is 4.39 Å². The predicted molar refractivity (Wildman–Crippen MR) is 76.9 cm³/mol. The highest BCUT2D eigenvalue weighted by molar-refractivity contribution is 5.46. The van der Waals surface area contributed by atoms with E-state index in [1.165, 1.54) is 36.1 Å². The van der Waals surface area contributed by atoms with Crippen LogP contribution in [0, 0.1) is 12.7 Å². The van der Waals surface area contributed by atoms with Gasteiger partial charge in [0.2, 0.25) is 0 Å². The Morgan fingerprint density at radius 3 is 2.47 bits per heavy atom. The van der Waals surface area contributed by atoms with Crippen LogP contribution >= 0.6 is 0 Å². The molecule has 1 aliphatic carbocycles. The van der Waals surface area contributed by atoms with Crippen LogP contribution < -0.4 is 5.32 Å². The summed E-state index contributed by atoms with van der Waals surface area (Å²) < 4.78 is 13.3. The maximum Gasteiger partial charge on any atom is 0.125 e. The fourth-order valence-electron chi connectivity index (χ4n) is 2.37. The molecule has 2 heteroatoms. The molecule has 2 aromatic carbocycles. The van der Waals surface area contributed by atoms with Crippen molar-refractivity contribution < 1.29 is 4.39 Å². The SMILES string of the molecule is Cc1cc(F)cc(NCc2ccc(C3CC3)cc2)c1. The Morgan fingerprint density at radius 2 is 1.84 bits per heavy atom. The van der Waals surface area contributed by atoms with Crippen molar-refractivity contribution in [2.24, 2.45) is 0 Å². The first kappa shape index (κ1) is 12.2. The lowest BCUT2D eigenvalue weighted by Gasteiger charge is -2.08. The van der Waals surface area contributed by atoms with Gasteiger partial charge in [0.05, 0.1) is 0 Å². The topological polar surface area (TPSA) is 12.0 Å². The average Bonchev–Trinajstić information content (AvgIpc) is 3.20. The molecule has 98 valence electrons. The number of anilines is 1. The first-order chi connectivity index (χ1) is 9.20. The van der Waals surface area contributed by atoms with Crippen molar-refractivity contribution in [2.75, 3.05) is 5.32 Å². The minimum Gasteiger partial charge on any atom is -0.381 e. The van der Waals surface area contributed by atoms with E-state index in [0.29, 0.717) is 0 Å². The summed E-state index contributed by atoms with van der Waals surface area (Å²) in [6, 6.07) is 13.8. The van der Waals surface area contributed by atoms with E-state index in [-0.39, 0.29) is 5.82 Å². The van der Waals surface area contributed by atoms with Crippen LogP contribution in [0.1, 0.15) is 35.4 Å². The van der Waals surface area contributed by atoms with E-state index < -0.39 is 0 Å². The van der Waals surface area contributed by atoms with Crippen LogP contribution in [0.15, 0.2) is 42.5 Å². The molecule has 2 aromatic rings. The van der Waals surface area contributed by atoms with Crippen molar-refractivity contribution in [3.05, 3.63) is 65.0 Å². The van der Waals surface area contributed by atoms with Gasteiger partial charge in [-0.05, 0) is 60.6 Å². The standard InChI is InChI=1S/C17H18FN/c1-12-8-16(18)10-17(9-12)19-11-13-2-4-14(5-3-13)15-6-7-15/h2-5,8-10,15,19H,6-7,11H2,1H3. The molecule has 0 unspecified atom stereocenters. The monoisotopic (exact) mass is 255 g/mol. The molecule has 1 N–H and O–H groups in total. The van der Waals surface area contributed by atoms with E-state index >= 15 is 0 Å². The zero-order valence-corrected chi connectivity index (χ0v) is 11.1. The first-order valence-corrected chi connectivity index (χ1v) is 6.80. The van der Waals surface area contributed by atoms with Gasteiger partial charge in [-0.3, -0.25) is 0 Å². The lowest BCUT2D eigenvalue weighted by molar-refractivity contribution is 0.627. The number of aryl methyl sites for hydroxylation is 1. The lowest BCUT2D eigenvalue weighted by Crippen LogP contribution is -2.00. The summed E-state index contributed by atoms with van der Waals surface area (Å²) in [5, 5.41) is 3.27. The Balaban J connectivity index is 1.64. The van der Waals surface area contributed by atoms with Gasteiger partial charge >= 0.3 is 0 Å². The smallest absolute Gasteiger partial charge is 0.125 e. The largest absolute Gasteiger partial charge is 0.381 e. The fourth-order valence-corrected chi connectivity index (χ4v) is 2.37. The molecule has 0 atom stereocenters. The highest BCUT2D eigenvalue weighted by Gasteiger charge is 2.22. The van der Waals surface area contributed by atoms with Crippen molar-refractivity contribution >= 4 is 5.69 Å². The van der Waals surface area contributed by atoms with Crippen LogP contribution in [0.2, 0.25) is 0 Å². The zero-order valence-electron chi connectivity index (χ0n) is 11.1. The third-order valence-corrected chi connectivity index (χ3v) is 3.57. The van der Waals surface area contributed by atoms with E-state index in [0.717, 1.165) is 23.7 Å². The van der Waals surface area contributed by atoms with Crippen LogP contribution in [0.5, 0.6) is 0 Å². The molecular weight excluding hydrogens is 237 g/mol. The molecule has 0 aliphatic heterocycles. The third-order valence-electron chi connectivity index (χ3n) is 3.57. The Hall–Kier alpha value is -1.83. The summed E-state index contributed by atoms with van der Waals surface area (Å²) in [4.78, 5) is 0. The maximum absolute atomic E-state index is 13.3. The van der Waals surface area contributed by atoms with E-state index in [1.54, 1.807) is 0 Å². The van der Waals surface area contributed by atoms with E-state index in [1.807, 2.05) is 13.0 Å². The summed E-state index contributed by atoms with van der Waals surface area (Å²) in [6.45, 7) is 2.63. The zero-order chi connectivity index (χ0) is 13.2. The molecule has 1 fully saturated rings. The molecule has 1 aliphatic rings. The van der Waals surface area contributed by atoms with Crippen LogP contribution in [-0.2, 0) is 6.54 Å². The normalized spacial score (nSPS) is 14.4. The number of hydrogen-bond acceptors (Lipinski definition) is 1. The van der Waals surface area contributed by atoms with Crippen molar-refractivity contribution in [3.8, 4) is 0 Å². The molecule has 0 spiro atoms. The average molecular weight is 255 g/mol. The van der Waals surface area contributed by atoms with Gasteiger partial charge in [0, 0.05) is 12.2 Å². The van der Waals surface area contributed by atoms with Gasteiger partial charge in [-0.15, -0.1) is 0 Å². The van der Waals surface area contributed by atoms with Gasteiger partial charge in [0.25, 0.3) is 0 Å². The molecule has 0 bridgehead atoms. The Bertz CT molecular complexity index is 550. The lowest BCUT2D eigenvalue weighted by atomic mass is 10.1. The number of rotatable bonds is 4. The number of halogens is 1. The number of benzene rings is 2. The van der Waals surface area contributed by atoms with E-state index in [2.05, 4.69) is 29.6 Å². The molecule has 3 rings (SSSR count). The summed E-state index contributed by atoms with van der Waals surface area (Å²) >= 11 is 0. The second kappa shape index (κ2) is 5.04. The molecule has 0 heterocycles. The highest BCUT2D eigenvalue weighted by atomic mass is 19.1. The Morgan fingerprint density at radius 1 is 1.11 bits per heavy atom. The van der Waals surface area contributed by atoms with Gasteiger partial charge in [-0.1, -0.05) is 24.3 Å².